The zero-order valence-corrected chi connectivity index (χ0v) is 13.9. The van der Waals surface area contributed by atoms with Gasteiger partial charge in [0.25, 0.3) is 0 Å². The first-order chi connectivity index (χ1) is 10.4. The number of aldehydes is 1. The number of hydrogen-bond acceptors (Lipinski definition) is 1. The summed E-state index contributed by atoms with van der Waals surface area (Å²) in [5, 5.41) is 1.56. The normalized spacial score (nSPS) is 21.6. The standard InChI is InChI=1S/C19H27OP/c20-15-16-11-13-19(14-12-16)21(17-7-3-1-4-8-17)18-9-5-2-6-10-18/h11-15,17-18H,1-10H2. The Bertz CT molecular complexity index is 423. The smallest absolute Gasteiger partial charge is 0.150 e. The Labute approximate surface area is 130 Å². The van der Waals surface area contributed by atoms with Gasteiger partial charge in [0.15, 0.2) is 0 Å². The molecule has 0 heterocycles. The SMILES string of the molecule is O=Cc1ccc(P(C2CCCCC2)C2CCCCC2)cc1. The summed E-state index contributed by atoms with van der Waals surface area (Å²) < 4.78 is 0. The molecule has 2 fully saturated rings. The number of rotatable bonds is 4. The minimum absolute atomic E-state index is 0.0254. The lowest BCUT2D eigenvalue weighted by Gasteiger charge is -2.38. The Morgan fingerprint density at radius 2 is 1.24 bits per heavy atom. The Hall–Kier alpha value is -0.680. The molecule has 0 aromatic heterocycles. The van der Waals surface area contributed by atoms with Crippen LogP contribution in [0.1, 0.15) is 74.6 Å². The van der Waals surface area contributed by atoms with Gasteiger partial charge < -0.3 is 0 Å². The lowest BCUT2D eigenvalue weighted by Crippen LogP contribution is -2.26. The van der Waals surface area contributed by atoms with Gasteiger partial charge in [-0.1, -0.05) is 70.7 Å². The molecule has 114 valence electrons. The third-order valence-corrected chi connectivity index (χ3v) is 8.76. The highest BCUT2D eigenvalue weighted by atomic mass is 31.1. The van der Waals surface area contributed by atoms with Gasteiger partial charge in [-0.3, -0.25) is 4.79 Å². The quantitative estimate of drug-likeness (QED) is 0.547. The fourth-order valence-electron chi connectivity index (χ4n) is 4.16. The maximum atomic E-state index is 10.9. The highest BCUT2D eigenvalue weighted by Crippen LogP contribution is 2.54. The van der Waals surface area contributed by atoms with E-state index in [1.807, 2.05) is 12.1 Å². The minimum Gasteiger partial charge on any atom is -0.298 e. The van der Waals surface area contributed by atoms with E-state index in [0.717, 1.165) is 23.2 Å². The molecule has 1 aromatic carbocycles. The second-order valence-electron chi connectivity index (χ2n) is 6.70. The van der Waals surface area contributed by atoms with Crippen molar-refractivity contribution in [2.75, 3.05) is 0 Å². The molecule has 0 saturated heterocycles. The van der Waals surface area contributed by atoms with Gasteiger partial charge >= 0.3 is 0 Å². The summed E-state index contributed by atoms with van der Waals surface area (Å²) in [6.07, 6.45) is 15.3. The van der Waals surface area contributed by atoms with E-state index in [9.17, 15) is 4.79 Å². The molecule has 2 saturated carbocycles. The number of hydrogen-bond donors (Lipinski definition) is 0. The monoisotopic (exact) mass is 302 g/mol. The van der Waals surface area contributed by atoms with Gasteiger partial charge in [-0.2, -0.15) is 0 Å². The largest absolute Gasteiger partial charge is 0.298 e. The van der Waals surface area contributed by atoms with Crippen LogP contribution in [-0.2, 0) is 0 Å². The van der Waals surface area contributed by atoms with Gasteiger partial charge in [0.05, 0.1) is 0 Å². The lowest BCUT2D eigenvalue weighted by atomic mass is 9.99. The molecule has 21 heavy (non-hydrogen) atoms. The van der Waals surface area contributed by atoms with Gasteiger partial charge in [0, 0.05) is 5.56 Å². The Morgan fingerprint density at radius 3 is 1.67 bits per heavy atom. The molecule has 0 spiro atoms. The highest BCUT2D eigenvalue weighted by Gasteiger charge is 2.31. The van der Waals surface area contributed by atoms with Gasteiger partial charge in [-0.15, -0.1) is 0 Å². The van der Waals surface area contributed by atoms with Crippen LogP contribution in [0.25, 0.3) is 0 Å². The predicted octanol–water partition coefficient (Wildman–Crippen LogP) is 5.27. The fourth-order valence-corrected chi connectivity index (χ4v) is 7.94. The van der Waals surface area contributed by atoms with E-state index in [1.165, 1.54) is 64.2 Å². The first-order valence-corrected chi connectivity index (χ1v) is 10.2. The van der Waals surface area contributed by atoms with Crippen LogP contribution < -0.4 is 5.30 Å². The lowest BCUT2D eigenvalue weighted by molar-refractivity contribution is 0.112. The van der Waals surface area contributed by atoms with Crippen LogP contribution in [0.4, 0.5) is 0 Å². The van der Waals surface area contributed by atoms with Crippen LogP contribution in [0.5, 0.6) is 0 Å². The summed E-state index contributed by atoms with van der Waals surface area (Å²) in [5.41, 5.74) is 2.71. The minimum atomic E-state index is -0.0254. The van der Waals surface area contributed by atoms with E-state index in [2.05, 4.69) is 12.1 Å². The van der Waals surface area contributed by atoms with Crippen molar-refractivity contribution in [3.63, 3.8) is 0 Å². The summed E-state index contributed by atoms with van der Waals surface area (Å²) >= 11 is 0. The molecule has 0 unspecified atom stereocenters. The van der Waals surface area contributed by atoms with Gasteiger partial charge in [-0.05, 0) is 42.3 Å². The molecule has 0 N–H and O–H groups in total. The molecule has 1 nitrogen and oxygen atoms in total. The van der Waals surface area contributed by atoms with Crippen molar-refractivity contribution in [1.82, 2.24) is 0 Å². The van der Waals surface area contributed by atoms with Crippen LogP contribution in [0.2, 0.25) is 0 Å². The van der Waals surface area contributed by atoms with Crippen molar-refractivity contribution in [3.05, 3.63) is 29.8 Å². The van der Waals surface area contributed by atoms with Crippen LogP contribution in [0.3, 0.4) is 0 Å². The Kier molecular flexibility index (Phi) is 5.47. The molecule has 2 aliphatic carbocycles. The second-order valence-corrected chi connectivity index (χ2v) is 9.49. The number of benzene rings is 1. The number of carbonyl (C=O) groups excluding carboxylic acids is 1. The van der Waals surface area contributed by atoms with E-state index >= 15 is 0 Å². The van der Waals surface area contributed by atoms with Gasteiger partial charge in [0.2, 0.25) is 0 Å². The third kappa shape index (κ3) is 3.75. The van der Waals surface area contributed by atoms with Crippen LogP contribution in [-0.4, -0.2) is 17.6 Å². The molecular formula is C19H27OP. The van der Waals surface area contributed by atoms with Gasteiger partial charge in [0.1, 0.15) is 6.29 Å². The molecular weight excluding hydrogens is 275 g/mol. The molecule has 0 aliphatic heterocycles. The van der Waals surface area contributed by atoms with Crippen LogP contribution >= 0.6 is 7.92 Å². The molecule has 0 atom stereocenters. The van der Waals surface area contributed by atoms with E-state index in [0.29, 0.717) is 0 Å². The molecule has 0 bridgehead atoms. The maximum Gasteiger partial charge on any atom is 0.150 e. The summed E-state index contributed by atoms with van der Waals surface area (Å²) in [7, 11) is -0.0254. The first-order valence-electron chi connectivity index (χ1n) is 8.72. The fraction of sp³-hybridized carbons (Fsp3) is 0.632. The molecule has 1 aromatic rings. The summed E-state index contributed by atoms with van der Waals surface area (Å²) in [6, 6.07) is 8.59. The third-order valence-electron chi connectivity index (χ3n) is 5.26. The second kappa shape index (κ2) is 7.54. The van der Waals surface area contributed by atoms with E-state index in [-0.39, 0.29) is 7.92 Å². The number of carbonyl (C=O) groups is 1. The summed E-state index contributed by atoms with van der Waals surface area (Å²) in [4.78, 5) is 10.9. The predicted molar refractivity (Wildman–Crippen MR) is 92.1 cm³/mol. The van der Waals surface area contributed by atoms with Gasteiger partial charge in [-0.25, -0.2) is 0 Å². The van der Waals surface area contributed by atoms with Crippen molar-refractivity contribution in [2.24, 2.45) is 0 Å². The Balaban J connectivity index is 1.83. The summed E-state index contributed by atoms with van der Waals surface area (Å²) in [6.45, 7) is 0. The Morgan fingerprint density at radius 1 is 0.762 bits per heavy atom. The van der Waals surface area contributed by atoms with E-state index in [4.69, 9.17) is 0 Å². The van der Waals surface area contributed by atoms with Crippen LogP contribution in [0, 0.1) is 0 Å². The van der Waals surface area contributed by atoms with Crippen molar-refractivity contribution in [2.45, 2.75) is 75.5 Å². The zero-order chi connectivity index (χ0) is 14.5. The average molecular weight is 302 g/mol. The first kappa shape index (κ1) is 15.2. The summed E-state index contributed by atoms with van der Waals surface area (Å²) in [5.74, 6) is 0. The molecule has 2 aliphatic rings. The van der Waals surface area contributed by atoms with Crippen molar-refractivity contribution >= 4 is 19.5 Å². The molecule has 2 heteroatoms. The van der Waals surface area contributed by atoms with E-state index < -0.39 is 0 Å². The topological polar surface area (TPSA) is 17.1 Å². The molecule has 0 amide bonds. The molecule has 3 rings (SSSR count). The van der Waals surface area contributed by atoms with E-state index in [1.54, 1.807) is 5.30 Å². The van der Waals surface area contributed by atoms with Crippen molar-refractivity contribution in [3.8, 4) is 0 Å². The maximum absolute atomic E-state index is 10.9. The average Bonchev–Trinajstić information content (AvgIpc) is 2.58. The van der Waals surface area contributed by atoms with Crippen molar-refractivity contribution < 1.29 is 4.79 Å². The highest BCUT2D eigenvalue weighted by molar-refractivity contribution is 7.67. The molecule has 0 radical (unpaired) electrons. The zero-order valence-electron chi connectivity index (χ0n) is 13.0. The van der Waals surface area contributed by atoms with Crippen molar-refractivity contribution in [1.29, 1.82) is 0 Å². The van der Waals surface area contributed by atoms with Crippen LogP contribution in [0.15, 0.2) is 24.3 Å².